The predicted molar refractivity (Wildman–Crippen MR) is 148 cm³/mol. The molecule has 186 valence electrons. The Bertz CT molecular complexity index is 1360. The van der Waals surface area contributed by atoms with E-state index in [-0.39, 0.29) is 5.78 Å². The third kappa shape index (κ3) is 6.29. The molecule has 0 bridgehead atoms. The lowest BCUT2D eigenvalue weighted by Gasteiger charge is -2.28. The van der Waals surface area contributed by atoms with Crippen LogP contribution in [-0.2, 0) is 22.4 Å². The Labute approximate surface area is 217 Å². The van der Waals surface area contributed by atoms with Crippen LogP contribution in [0, 0.1) is 0 Å². The van der Waals surface area contributed by atoms with Gasteiger partial charge in [-0.1, -0.05) is 55.1 Å². The standard InChI is InChI=1S/C31H30N4O2/c1-2-29(36)21-24-9-6-10-25(20-24)30-26(19-23-7-4-3-5-8-23)22-32-31(34-30)33-27-11-13-28(14-12-27)35-15-17-37-18-16-35/h2-14,20,22H,1,15-19,21H2,(H,32,33,34). The number of allylic oxidation sites excluding steroid dienone is 1. The summed E-state index contributed by atoms with van der Waals surface area (Å²) in [4.78, 5) is 23.8. The summed E-state index contributed by atoms with van der Waals surface area (Å²) >= 11 is 0. The number of ketones is 1. The van der Waals surface area contributed by atoms with Crippen molar-refractivity contribution in [1.29, 1.82) is 0 Å². The van der Waals surface area contributed by atoms with Crippen molar-refractivity contribution < 1.29 is 9.53 Å². The lowest BCUT2D eigenvalue weighted by Crippen LogP contribution is -2.36. The van der Waals surface area contributed by atoms with Gasteiger partial charge in [0.2, 0.25) is 5.95 Å². The summed E-state index contributed by atoms with van der Waals surface area (Å²) in [5, 5.41) is 3.36. The lowest BCUT2D eigenvalue weighted by molar-refractivity contribution is -0.114. The number of carbonyl (C=O) groups is 1. The number of benzene rings is 3. The highest BCUT2D eigenvalue weighted by atomic mass is 16.5. The number of carbonyl (C=O) groups excluding carboxylic acids is 1. The molecular weight excluding hydrogens is 460 g/mol. The maximum atomic E-state index is 12.0. The summed E-state index contributed by atoms with van der Waals surface area (Å²) in [6.45, 7) is 6.92. The topological polar surface area (TPSA) is 67.4 Å². The molecule has 3 aromatic carbocycles. The molecule has 0 radical (unpaired) electrons. The van der Waals surface area contributed by atoms with Crippen LogP contribution < -0.4 is 10.2 Å². The molecule has 0 amide bonds. The van der Waals surface area contributed by atoms with Gasteiger partial charge in [-0.25, -0.2) is 9.97 Å². The SMILES string of the molecule is C=CC(=O)Cc1cccc(-c2nc(Nc3ccc(N4CCOCC4)cc3)ncc2Cc2ccccc2)c1. The van der Waals surface area contributed by atoms with Crippen LogP contribution in [0.2, 0.25) is 0 Å². The first kappa shape index (κ1) is 24.4. The van der Waals surface area contributed by atoms with Crippen LogP contribution in [0.4, 0.5) is 17.3 Å². The molecule has 6 heteroatoms. The van der Waals surface area contributed by atoms with E-state index < -0.39 is 0 Å². The Hall–Kier alpha value is -4.29. The van der Waals surface area contributed by atoms with Gasteiger partial charge in [0.1, 0.15) is 0 Å². The van der Waals surface area contributed by atoms with Gasteiger partial charge in [-0.05, 0) is 47.5 Å². The lowest BCUT2D eigenvalue weighted by atomic mass is 9.98. The van der Waals surface area contributed by atoms with Gasteiger partial charge >= 0.3 is 0 Å². The summed E-state index contributed by atoms with van der Waals surface area (Å²) in [6.07, 6.45) is 4.28. The van der Waals surface area contributed by atoms with Gasteiger partial charge in [-0.2, -0.15) is 0 Å². The van der Waals surface area contributed by atoms with Gasteiger partial charge in [-0.15, -0.1) is 0 Å². The van der Waals surface area contributed by atoms with E-state index in [9.17, 15) is 4.79 Å². The number of morpholine rings is 1. The first-order valence-corrected chi connectivity index (χ1v) is 12.5. The zero-order valence-electron chi connectivity index (χ0n) is 20.8. The summed E-state index contributed by atoms with van der Waals surface area (Å²) in [5.41, 5.74) is 7.03. The minimum atomic E-state index is -0.00720. The number of nitrogens with zero attached hydrogens (tertiary/aromatic N) is 3. The number of rotatable bonds is 9. The molecule has 6 nitrogen and oxygen atoms in total. The van der Waals surface area contributed by atoms with Crippen molar-refractivity contribution >= 4 is 23.1 Å². The van der Waals surface area contributed by atoms with Gasteiger partial charge in [0.25, 0.3) is 0 Å². The second-order valence-electron chi connectivity index (χ2n) is 9.05. The van der Waals surface area contributed by atoms with Gasteiger partial charge in [0.05, 0.1) is 18.9 Å². The highest BCUT2D eigenvalue weighted by Gasteiger charge is 2.14. The largest absolute Gasteiger partial charge is 0.378 e. The van der Waals surface area contributed by atoms with Crippen molar-refractivity contribution in [3.8, 4) is 11.3 Å². The Morgan fingerprint density at radius 1 is 0.973 bits per heavy atom. The highest BCUT2D eigenvalue weighted by Crippen LogP contribution is 2.27. The second-order valence-corrected chi connectivity index (χ2v) is 9.05. The van der Waals surface area contributed by atoms with Crippen molar-refractivity contribution in [1.82, 2.24) is 9.97 Å². The van der Waals surface area contributed by atoms with Gasteiger partial charge < -0.3 is 15.0 Å². The average molecular weight is 491 g/mol. The summed E-state index contributed by atoms with van der Waals surface area (Å²) in [5.74, 6) is 0.519. The zero-order chi connectivity index (χ0) is 25.5. The van der Waals surface area contributed by atoms with Crippen molar-refractivity contribution in [2.45, 2.75) is 12.8 Å². The molecular formula is C31H30N4O2. The number of hydrogen-bond donors (Lipinski definition) is 1. The van der Waals surface area contributed by atoms with E-state index in [4.69, 9.17) is 9.72 Å². The van der Waals surface area contributed by atoms with Crippen LogP contribution in [0.25, 0.3) is 11.3 Å². The predicted octanol–water partition coefficient (Wildman–Crippen LogP) is 5.61. The van der Waals surface area contributed by atoms with E-state index >= 15 is 0 Å². The molecule has 0 spiro atoms. The number of nitrogens with one attached hydrogen (secondary N) is 1. The Kier molecular flexibility index (Phi) is 7.67. The molecule has 4 aromatic rings. The fourth-order valence-corrected chi connectivity index (χ4v) is 4.47. The van der Waals surface area contributed by atoms with Crippen LogP contribution in [0.5, 0.6) is 0 Å². The molecule has 37 heavy (non-hydrogen) atoms. The Balaban J connectivity index is 1.43. The van der Waals surface area contributed by atoms with E-state index in [1.165, 1.54) is 17.3 Å². The van der Waals surface area contributed by atoms with E-state index in [0.717, 1.165) is 54.4 Å². The maximum absolute atomic E-state index is 12.0. The Morgan fingerprint density at radius 2 is 1.73 bits per heavy atom. The summed E-state index contributed by atoms with van der Waals surface area (Å²) < 4.78 is 5.46. The van der Waals surface area contributed by atoms with Gasteiger partial charge in [0.15, 0.2) is 5.78 Å². The first-order chi connectivity index (χ1) is 18.2. The molecule has 1 aromatic heterocycles. The fraction of sp³-hybridized carbons (Fsp3) is 0.194. The minimum absolute atomic E-state index is 0.00720. The van der Waals surface area contributed by atoms with E-state index in [1.54, 1.807) is 0 Å². The zero-order valence-corrected chi connectivity index (χ0v) is 20.8. The first-order valence-electron chi connectivity index (χ1n) is 12.5. The molecule has 1 aliphatic heterocycles. The number of anilines is 3. The summed E-state index contributed by atoms with van der Waals surface area (Å²) in [7, 11) is 0. The van der Waals surface area contributed by atoms with Crippen LogP contribution in [0.15, 0.2) is 97.7 Å². The van der Waals surface area contributed by atoms with Gasteiger partial charge in [-0.3, -0.25) is 4.79 Å². The molecule has 1 N–H and O–H groups in total. The highest BCUT2D eigenvalue weighted by molar-refractivity contribution is 5.91. The van der Waals surface area contributed by atoms with E-state index in [0.29, 0.717) is 18.8 Å². The third-order valence-electron chi connectivity index (χ3n) is 6.41. The molecule has 2 heterocycles. The quantitative estimate of drug-likeness (QED) is 0.308. The van der Waals surface area contributed by atoms with Crippen molar-refractivity contribution in [3.63, 3.8) is 0 Å². The molecule has 0 unspecified atom stereocenters. The fourth-order valence-electron chi connectivity index (χ4n) is 4.47. The minimum Gasteiger partial charge on any atom is -0.378 e. The monoisotopic (exact) mass is 490 g/mol. The van der Waals surface area contributed by atoms with Gasteiger partial charge in [0, 0.05) is 54.6 Å². The number of aromatic nitrogens is 2. The van der Waals surface area contributed by atoms with Crippen LogP contribution >= 0.6 is 0 Å². The molecule has 1 fully saturated rings. The van der Waals surface area contributed by atoms with Crippen LogP contribution in [-0.4, -0.2) is 42.1 Å². The molecule has 0 aliphatic carbocycles. The maximum Gasteiger partial charge on any atom is 0.227 e. The molecule has 0 saturated carbocycles. The molecule has 1 aliphatic rings. The molecule has 5 rings (SSSR count). The second kappa shape index (κ2) is 11.6. The van der Waals surface area contributed by atoms with Crippen LogP contribution in [0.3, 0.4) is 0 Å². The molecule has 1 saturated heterocycles. The third-order valence-corrected chi connectivity index (χ3v) is 6.41. The van der Waals surface area contributed by atoms with E-state index in [1.807, 2.05) is 60.8 Å². The number of hydrogen-bond acceptors (Lipinski definition) is 6. The average Bonchev–Trinajstić information content (AvgIpc) is 2.95. The van der Waals surface area contributed by atoms with Crippen molar-refractivity contribution in [2.75, 3.05) is 36.5 Å². The van der Waals surface area contributed by atoms with Crippen molar-refractivity contribution in [3.05, 3.63) is 114 Å². The molecule has 0 atom stereocenters. The smallest absolute Gasteiger partial charge is 0.227 e. The van der Waals surface area contributed by atoms with E-state index in [2.05, 4.69) is 46.0 Å². The number of ether oxygens (including phenoxy) is 1. The Morgan fingerprint density at radius 3 is 2.49 bits per heavy atom. The van der Waals surface area contributed by atoms with Crippen LogP contribution in [0.1, 0.15) is 16.7 Å². The summed E-state index contributed by atoms with van der Waals surface area (Å²) in [6, 6.07) is 26.6. The normalized spacial score (nSPS) is 13.2. The van der Waals surface area contributed by atoms with Crippen molar-refractivity contribution in [2.24, 2.45) is 0 Å².